The molecular weight excluding hydrogens is 325 g/mol. The van der Waals surface area contributed by atoms with Crippen LogP contribution in [0.3, 0.4) is 0 Å². The van der Waals surface area contributed by atoms with Crippen molar-refractivity contribution in [1.29, 1.82) is 0 Å². The van der Waals surface area contributed by atoms with Crippen molar-refractivity contribution >= 4 is 20.1 Å². The van der Waals surface area contributed by atoms with Crippen LogP contribution in [0.4, 0.5) is 0 Å². The zero-order valence-electron chi connectivity index (χ0n) is 16.2. The zero-order chi connectivity index (χ0) is 18.7. The van der Waals surface area contributed by atoms with Gasteiger partial charge in [-0.15, -0.1) is 0 Å². The first kappa shape index (κ1) is 19.7. The molecule has 2 aromatic rings. The van der Waals surface area contributed by atoms with Crippen LogP contribution in [-0.4, -0.2) is 16.9 Å². The number of aromatic hydroxyl groups is 1. The van der Waals surface area contributed by atoms with Crippen molar-refractivity contribution in [1.82, 2.24) is 0 Å². The summed E-state index contributed by atoms with van der Waals surface area (Å²) in [4.78, 5) is 4.68. The maximum atomic E-state index is 10.4. The van der Waals surface area contributed by atoms with E-state index in [2.05, 4.69) is 76.9 Å². The van der Waals surface area contributed by atoms with Crippen LogP contribution in [0.2, 0.25) is 0 Å². The quantitative estimate of drug-likeness (QED) is 0.554. The standard InChI is InChI=1S/C22H30NOP/c1-7-22(6,18-14-16(2)12-13-19(18)24)25-20-11-9-8-10-17(20)15-23-21(3,4)5/h8-15,24-25H,7H2,1-6H3. The molecule has 2 atom stereocenters. The van der Waals surface area contributed by atoms with Gasteiger partial charge in [-0.25, -0.2) is 0 Å². The Morgan fingerprint density at radius 3 is 2.40 bits per heavy atom. The molecule has 134 valence electrons. The summed E-state index contributed by atoms with van der Waals surface area (Å²) in [6.45, 7) is 12.8. The van der Waals surface area contributed by atoms with E-state index in [1.807, 2.05) is 18.3 Å². The molecule has 2 rings (SSSR count). The smallest absolute Gasteiger partial charge is 0.119 e. The van der Waals surface area contributed by atoms with Crippen molar-refractivity contribution in [2.24, 2.45) is 4.99 Å². The third kappa shape index (κ3) is 5.16. The monoisotopic (exact) mass is 355 g/mol. The lowest BCUT2D eigenvalue weighted by Crippen LogP contribution is -2.20. The number of aliphatic imine (C=N–C) groups is 1. The van der Waals surface area contributed by atoms with Crippen molar-refractivity contribution < 1.29 is 5.11 Å². The molecule has 0 aliphatic heterocycles. The van der Waals surface area contributed by atoms with E-state index >= 15 is 0 Å². The Balaban J connectivity index is 2.43. The average molecular weight is 355 g/mol. The van der Waals surface area contributed by atoms with Gasteiger partial charge in [-0.05, 0) is 51.1 Å². The molecule has 2 aromatic carbocycles. The predicted molar refractivity (Wildman–Crippen MR) is 112 cm³/mol. The molecule has 0 radical (unpaired) electrons. The van der Waals surface area contributed by atoms with Crippen LogP contribution in [-0.2, 0) is 5.16 Å². The molecule has 0 bridgehead atoms. The second-order valence-corrected chi connectivity index (χ2v) is 9.74. The van der Waals surface area contributed by atoms with Crippen LogP contribution in [0, 0.1) is 6.92 Å². The van der Waals surface area contributed by atoms with Crippen LogP contribution >= 0.6 is 8.58 Å². The Kier molecular flexibility index (Phi) is 6.06. The number of phenols is 1. The summed E-state index contributed by atoms with van der Waals surface area (Å²) < 4.78 is 0. The van der Waals surface area contributed by atoms with E-state index in [-0.39, 0.29) is 10.7 Å². The van der Waals surface area contributed by atoms with Gasteiger partial charge >= 0.3 is 0 Å². The summed E-state index contributed by atoms with van der Waals surface area (Å²) in [6, 6.07) is 14.4. The highest BCUT2D eigenvalue weighted by Crippen LogP contribution is 2.47. The molecule has 2 unspecified atom stereocenters. The summed E-state index contributed by atoms with van der Waals surface area (Å²) in [5.74, 6) is 0.392. The van der Waals surface area contributed by atoms with E-state index in [9.17, 15) is 5.11 Å². The minimum absolute atomic E-state index is 0.0842. The van der Waals surface area contributed by atoms with Crippen LogP contribution < -0.4 is 5.30 Å². The first-order valence-electron chi connectivity index (χ1n) is 8.87. The number of phenolic OH excluding ortho intramolecular Hbond substituents is 1. The lowest BCUT2D eigenvalue weighted by molar-refractivity contribution is 0.456. The molecule has 0 aliphatic carbocycles. The summed E-state index contributed by atoms with van der Waals surface area (Å²) >= 11 is 0. The summed E-state index contributed by atoms with van der Waals surface area (Å²) in [6.07, 6.45) is 2.96. The predicted octanol–water partition coefficient (Wildman–Crippen LogP) is 5.55. The molecule has 3 heteroatoms. The molecule has 0 spiro atoms. The second kappa shape index (κ2) is 7.70. The highest BCUT2D eigenvalue weighted by atomic mass is 31.1. The third-order valence-electron chi connectivity index (χ3n) is 4.42. The topological polar surface area (TPSA) is 32.6 Å². The van der Waals surface area contributed by atoms with Gasteiger partial charge in [0.2, 0.25) is 0 Å². The van der Waals surface area contributed by atoms with Gasteiger partial charge in [0, 0.05) is 16.9 Å². The van der Waals surface area contributed by atoms with E-state index in [1.54, 1.807) is 0 Å². The number of hydrogen-bond donors (Lipinski definition) is 1. The fourth-order valence-electron chi connectivity index (χ4n) is 2.72. The average Bonchev–Trinajstić information content (AvgIpc) is 2.55. The van der Waals surface area contributed by atoms with Crippen LogP contribution in [0.25, 0.3) is 0 Å². The van der Waals surface area contributed by atoms with Gasteiger partial charge in [0.1, 0.15) is 5.75 Å². The molecule has 1 N–H and O–H groups in total. The first-order chi connectivity index (χ1) is 11.6. The molecule has 0 saturated heterocycles. The molecule has 0 saturated carbocycles. The molecular formula is C22H30NOP. The lowest BCUT2D eigenvalue weighted by atomic mass is 9.95. The van der Waals surface area contributed by atoms with Crippen molar-refractivity contribution in [3.05, 3.63) is 59.2 Å². The number of benzene rings is 2. The van der Waals surface area contributed by atoms with Gasteiger partial charge in [-0.2, -0.15) is 0 Å². The molecule has 0 aliphatic rings. The molecule has 0 amide bonds. The van der Waals surface area contributed by atoms with Gasteiger partial charge < -0.3 is 5.11 Å². The van der Waals surface area contributed by atoms with E-state index < -0.39 is 0 Å². The summed E-state index contributed by atoms with van der Waals surface area (Å²) in [5, 5.41) is 11.6. The minimum Gasteiger partial charge on any atom is -0.508 e. The van der Waals surface area contributed by atoms with Crippen LogP contribution in [0.5, 0.6) is 5.75 Å². The van der Waals surface area contributed by atoms with E-state index in [4.69, 9.17) is 0 Å². The number of aryl methyl sites for hydroxylation is 1. The number of rotatable bonds is 5. The van der Waals surface area contributed by atoms with Crippen LogP contribution in [0.15, 0.2) is 47.5 Å². The van der Waals surface area contributed by atoms with Crippen LogP contribution in [0.1, 0.15) is 57.7 Å². The molecule has 0 fully saturated rings. The summed E-state index contributed by atoms with van der Waals surface area (Å²) in [7, 11) is 0.560. The van der Waals surface area contributed by atoms with Gasteiger partial charge in [0.15, 0.2) is 0 Å². The molecule has 0 heterocycles. The highest BCUT2D eigenvalue weighted by Gasteiger charge is 2.28. The van der Waals surface area contributed by atoms with E-state index in [1.165, 1.54) is 16.4 Å². The number of nitrogens with zero attached hydrogens (tertiary/aromatic N) is 1. The minimum atomic E-state index is -0.0955. The third-order valence-corrected chi connectivity index (χ3v) is 6.32. The highest BCUT2D eigenvalue weighted by molar-refractivity contribution is 7.48. The van der Waals surface area contributed by atoms with E-state index in [0.717, 1.165) is 12.0 Å². The fraction of sp³-hybridized carbons (Fsp3) is 0.409. The second-order valence-electron chi connectivity index (χ2n) is 7.85. The maximum Gasteiger partial charge on any atom is 0.119 e. The summed E-state index contributed by atoms with van der Waals surface area (Å²) in [5.41, 5.74) is 3.30. The largest absolute Gasteiger partial charge is 0.508 e. The normalized spacial score (nSPS) is 15.1. The Morgan fingerprint density at radius 1 is 1.08 bits per heavy atom. The van der Waals surface area contributed by atoms with Gasteiger partial charge in [-0.3, -0.25) is 4.99 Å². The first-order valence-corrected chi connectivity index (χ1v) is 9.87. The SMILES string of the molecule is CCC(C)(Pc1ccccc1C=NC(C)(C)C)c1cc(C)ccc1O. The Bertz CT molecular complexity index is 761. The van der Waals surface area contributed by atoms with Gasteiger partial charge in [0.05, 0.1) is 5.54 Å². The van der Waals surface area contributed by atoms with Crippen molar-refractivity contribution in [2.45, 2.75) is 58.7 Å². The van der Waals surface area contributed by atoms with E-state index in [0.29, 0.717) is 14.3 Å². The fourth-order valence-corrected chi connectivity index (χ4v) is 4.30. The number of hydrogen-bond acceptors (Lipinski definition) is 2. The van der Waals surface area contributed by atoms with Gasteiger partial charge in [-0.1, -0.05) is 64.4 Å². The Hall–Kier alpha value is -1.66. The molecule has 2 nitrogen and oxygen atoms in total. The van der Waals surface area contributed by atoms with Crippen molar-refractivity contribution in [3.8, 4) is 5.75 Å². The maximum absolute atomic E-state index is 10.4. The van der Waals surface area contributed by atoms with Gasteiger partial charge in [0.25, 0.3) is 0 Å². The molecule has 0 aromatic heterocycles. The lowest BCUT2D eigenvalue weighted by Gasteiger charge is -2.31. The Labute approximate surface area is 154 Å². The molecule has 25 heavy (non-hydrogen) atoms. The zero-order valence-corrected chi connectivity index (χ0v) is 17.2. The Morgan fingerprint density at radius 2 is 1.76 bits per heavy atom. The van der Waals surface area contributed by atoms with Crippen molar-refractivity contribution in [3.63, 3.8) is 0 Å². The van der Waals surface area contributed by atoms with Crippen molar-refractivity contribution in [2.75, 3.05) is 0 Å².